The van der Waals surface area contributed by atoms with Crippen molar-refractivity contribution >= 4 is 29.6 Å². The highest BCUT2D eigenvalue weighted by atomic mass is 16.5. The summed E-state index contributed by atoms with van der Waals surface area (Å²) in [6, 6.07) is 9.92. The van der Waals surface area contributed by atoms with Gasteiger partial charge in [0, 0.05) is 17.3 Å². The molecule has 0 atom stereocenters. The van der Waals surface area contributed by atoms with Crippen LogP contribution in [0.5, 0.6) is 17.2 Å². The highest BCUT2D eigenvalue weighted by molar-refractivity contribution is 6.16. The fraction of sp³-hybridized carbons (Fsp3) is 0.261. The summed E-state index contributed by atoms with van der Waals surface area (Å²) in [4.78, 5) is 38.5. The summed E-state index contributed by atoms with van der Waals surface area (Å²) >= 11 is 0. The first-order chi connectivity index (χ1) is 15.4. The molecule has 4 amide bonds. The second-order valence-corrected chi connectivity index (χ2v) is 6.89. The van der Waals surface area contributed by atoms with Crippen LogP contribution in [0.4, 0.5) is 10.5 Å². The number of hydrogen-bond donors (Lipinski definition) is 2. The molecule has 1 fully saturated rings. The first-order valence-electron chi connectivity index (χ1n) is 9.94. The van der Waals surface area contributed by atoms with Crippen molar-refractivity contribution in [2.24, 2.45) is 0 Å². The van der Waals surface area contributed by atoms with Gasteiger partial charge in [0.1, 0.15) is 18.0 Å². The number of methoxy groups -OCH3 is 3. The van der Waals surface area contributed by atoms with Gasteiger partial charge in [0.15, 0.2) is 11.5 Å². The third kappa shape index (κ3) is 4.66. The number of rotatable bonds is 8. The lowest BCUT2D eigenvalue weighted by Crippen LogP contribution is -2.38. The predicted molar refractivity (Wildman–Crippen MR) is 119 cm³/mol. The molecular formula is C23H25N3O6. The van der Waals surface area contributed by atoms with Crippen LogP contribution in [0.15, 0.2) is 42.1 Å². The van der Waals surface area contributed by atoms with Gasteiger partial charge in [-0.25, -0.2) is 9.69 Å². The Kier molecular flexibility index (Phi) is 6.99. The zero-order valence-electron chi connectivity index (χ0n) is 18.4. The number of imide groups is 1. The number of para-hydroxylation sites is 1. The van der Waals surface area contributed by atoms with E-state index in [1.807, 2.05) is 19.1 Å². The molecule has 168 valence electrons. The molecule has 0 radical (unpaired) electrons. The number of hydrogen-bond acceptors (Lipinski definition) is 6. The largest absolute Gasteiger partial charge is 0.496 e. The van der Waals surface area contributed by atoms with E-state index in [1.54, 1.807) is 24.3 Å². The molecule has 1 aliphatic heterocycles. The molecule has 2 aromatic rings. The Balaban J connectivity index is 1.80. The zero-order valence-corrected chi connectivity index (χ0v) is 18.4. The number of nitrogens with zero attached hydrogens (tertiary/aromatic N) is 1. The van der Waals surface area contributed by atoms with Gasteiger partial charge in [0.05, 0.1) is 21.3 Å². The highest BCUT2D eigenvalue weighted by Crippen LogP contribution is 2.36. The standard InChI is InChI=1S/C23H25N3O6/c1-5-14-8-6-7-9-16(14)24-21(27)13-26-22(28)17(25-23(26)29)10-15-11-19(31-3)20(32-4)12-18(15)30-2/h6-12H,5,13H2,1-4H3,(H,24,27)(H,25,29)/b17-10+. The topological polar surface area (TPSA) is 106 Å². The number of amides is 4. The van der Waals surface area contributed by atoms with Crippen LogP contribution in [0.2, 0.25) is 0 Å². The van der Waals surface area contributed by atoms with E-state index in [-0.39, 0.29) is 5.70 Å². The minimum Gasteiger partial charge on any atom is -0.496 e. The fourth-order valence-corrected chi connectivity index (χ4v) is 3.32. The SMILES string of the molecule is CCc1ccccc1NC(=O)CN1C(=O)N/C(=C/c2cc(OC)c(OC)cc2OC)C1=O. The van der Waals surface area contributed by atoms with Crippen molar-refractivity contribution in [1.82, 2.24) is 10.2 Å². The van der Waals surface area contributed by atoms with E-state index in [0.717, 1.165) is 16.9 Å². The molecule has 32 heavy (non-hydrogen) atoms. The van der Waals surface area contributed by atoms with Crippen LogP contribution in [-0.2, 0) is 16.0 Å². The number of carbonyl (C=O) groups is 3. The van der Waals surface area contributed by atoms with Crippen molar-refractivity contribution < 1.29 is 28.6 Å². The number of benzene rings is 2. The Morgan fingerprint density at radius 3 is 2.34 bits per heavy atom. The molecule has 2 N–H and O–H groups in total. The molecule has 0 saturated carbocycles. The Morgan fingerprint density at radius 1 is 1.03 bits per heavy atom. The molecule has 0 unspecified atom stereocenters. The van der Waals surface area contributed by atoms with Crippen molar-refractivity contribution in [3.63, 3.8) is 0 Å². The van der Waals surface area contributed by atoms with Crippen LogP contribution < -0.4 is 24.8 Å². The maximum atomic E-state index is 12.8. The second kappa shape index (κ2) is 9.86. The van der Waals surface area contributed by atoms with Gasteiger partial charge in [-0.15, -0.1) is 0 Å². The van der Waals surface area contributed by atoms with Crippen molar-refractivity contribution in [2.75, 3.05) is 33.2 Å². The maximum absolute atomic E-state index is 12.8. The zero-order chi connectivity index (χ0) is 23.3. The van der Waals surface area contributed by atoms with E-state index in [4.69, 9.17) is 14.2 Å². The van der Waals surface area contributed by atoms with Crippen molar-refractivity contribution in [3.8, 4) is 17.2 Å². The van der Waals surface area contributed by atoms with Gasteiger partial charge in [-0.3, -0.25) is 9.59 Å². The Labute approximate surface area is 185 Å². The van der Waals surface area contributed by atoms with E-state index in [2.05, 4.69) is 10.6 Å². The second-order valence-electron chi connectivity index (χ2n) is 6.89. The molecule has 9 nitrogen and oxygen atoms in total. The minimum atomic E-state index is -0.681. The lowest BCUT2D eigenvalue weighted by Gasteiger charge is -2.14. The summed E-state index contributed by atoms with van der Waals surface area (Å²) in [5.74, 6) is 0.219. The molecule has 0 spiro atoms. The van der Waals surface area contributed by atoms with Crippen LogP contribution in [0.25, 0.3) is 6.08 Å². The maximum Gasteiger partial charge on any atom is 0.329 e. The molecule has 0 aliphatic carbocycles. The average Bonchev–Trinajstić information content (AvgIpc) is 3.06. The molecule has 0 aromatic heterocycles. The number of carbonyl (C=O) groups excluding carboxylic acids is 3. The Bertz CT molecular complexity index is 1080. The molecule has 1 saturated heterocycles. The number of ether oxygens (including phenoxy) is 3. The molecule has 0 bridgehead atoms. The Hall–Kier alpha value is -4.01. The third-order valence-corrected chi connectivity index (χ3v) is 4.97. The normalized spacial score (nSPS) is 14.4. The lowest BCUT2D eigenvalue weighted by molar-refractivity contribution is -0.127. The number of aryl methyl sites for hydroxylation is 1. The fourth-order valence-electron chi connectivity index (χ4n) is 3.32. The van der Waals surface area contributed by atoms with E-state index >= 15 is 0 Å². The number of nitrogens with one attached hydrogen (secondary N) is 2. The summed E-state index contributed by atoms with van der Waals surface area (Å²) in [6.45, 7) is 1.56. The Morgan fingerprint density at radius 2 is 1.69 bits per heavy atom. The van der Waals surface area contributed by atoms with E-state index < -0.39 is 24.4 Å². The van der Waals surface area contributed by atoms with Gasteiger partial charge in [0.25, 0.3) is 5.91 Å². The van der Waals surface area contributed by atoms with Crippen LogP contribution >= 0.6 is 0 Å². The molecule has 3 rings (SSSR count). The predicted octanol–water partition coefficient (Wildman–Crippen LogP) is 2.81. The van der Waals surface area contributed by atoms with Crippen LogP contribution in [0.1, 0.15) is 18.1 Å². The number of urea groups is 1. The molecular weight excluding hydrogens is 414 g/mol. The van der Waals surface area contributed by atoms with Crippen molar-refractivity contribution in [1.29, 1.82) is 0 Å². The van der Waals surface area contributed by atoms with Gasteiger partial charge in [-0.2, -0.15) is 0 Å². The summed E-state index contributed by atoms with van der Waals surface area (Å²) < 4.78 is 15.9. The van der Waals surface area contributed by atoms with Gasteiger partial charge in [-0.05, 0) is 30.2 Å². The van der Waals surface area contributed by atoms with E-state index in [9.17, 15) is 14.4 Å². The molecule has 2 aromatic carbocycles. The monoisotopic (exact) mass is 439 g/mol. The molecule has 1 heterocycles. The third-order valence-electron chi connectivity index (χ3n) is 4.97. The van der Waals surface area contributed by atoms with Gasteiger partial charge < -0.3 is 24.8 Å². The highest BCUT2D eigenvalue weighted by Gasteiger charge is 2.35. The smallest absolute Gasteiger partial charge is 0.329 e. The summed E-state index contributed by atoms with van der Waals surface area (Å²) in [5.41, 5.74) is 2.12. The van der Waals surface area contributed by atoms with Crippen LogP contribution in [0, 0.1) is 0 Å². The first-order valence-corrected chi connectivity index (χ1v) is 9.94. The van der Waals surface area contributed by atoms with Gasteiger partial charge >= 0.3 is 6.03 Å². The summed E-state index contributed by atoms with van der Waals surface area (Å²) in [6.07, 6.45) is 2.20. The molecule has 1 aliphatic rings. The van der Waals surface area contributed by atoms with Crippen molar-refractivity contribution in [3.05, 3.63) is 53.2 Å². The van der Waals surface area contributed by atoms with Crippen LogP contribution in [-0.4, -0.2) is 50.6 Å². The average molecular weight is 439 g/mol. The minimum absolute atomic E-state index is 0.0160. The van der Waals surface area contributed by atoms with E-state index in [1.165, 1.54) is 27.4 Å². The van der Waals surface area contributed by atoms with E-state index in [0.29, 0.717) is 28.5 Å². The quantitative estimate of drug-likeness (QED) is 0.484. The molecule has 9 heteroatoms. The number of anilines is 1. The summed E-state index contributed by atoms with van der Waals surface area (Å²) in [7, 11) is 4.46. The van der Waals surface area contributed by atoms with Gasteiger partial charge in [0.2, 0.25) is 5.91 Å². The summed E-state index contributed by atoms with van der Waals surface area (Å²) in [5, 5.41) is 5.26. The lowest BCUT2D eigenvalue weighted by atomic mass is 10.1. The van der Waals surface area contributed by atoms with Crippen molar-refractivity contribution in [2.45, 2.75) is 13.3 Å². The van der Waals surface area contributed by atoms with Crippen LogP contribution in [0.3, 0.4) is 0 Å². The first kappa shape index (κ1) is 22.7. The van der Waals surface area contributed by atoms with Gasteiger partial charge in [-0.1, -0.05) is 25.1 Å².